The molecule has 4 aromatic carbocycles. The summed E-state index contributed by atoms with van der Waals surface area (Å²) in [5, 5.41) is 13.3. The van der Waals surface area contributed by atoms with Crippen LogP contribution in [0.1, 0.15) is 23.6 Å². The molecule has 40 heavy (non-hydrogen) atoms. The van der Waals surface area contributed by atoms with Gasteiger partial charge >= 0.3 is 0 Å². The van der Waals surface area contributed by atoms with E-state index in [1.807, 2.05) is 71.7 Å². The van der Waals surface area contributed by atoms with Crippen LogP contribution in [-0.4, -0.2) is 17.5 Å². The number of rotatable bonds is 5. The van der Waals surface area contributed by atoms with E-state index < -0.39 is 0 Å². The fourth-order valence-electron chi connectivity index (χ4n) is 5.14. The summed E-state index contributed by atoms with van der Waals surface area (Å²) in [5.74, 6) is 1.46. The molecule has 0 bridgehead atoms. The van der Waals surface area contributed by atoms with Crippen molar-refractivity contribution in [2.45, 2.75) is 12.5 Å². The number of pyridine rings is 1. The molecular weight excluding hydrogens is 567 g/mol. The molecule has 3 heterocycles. The second-order valence-electron chi connectivity index (χ2n) is 9.58. The van der Waals surface area contributed by atoms with Crippen LogP contribution in [0.3, 0.4) is 0 Å². The lowest BCUT2D eigenvalue weighted by atomic mass is 9.97. The zero-order valence-corrected chi connectivity index (χ0v) is 23.2. The van der Waals surface area contributed by atoms with Crippen molar-refractivity contribution in [3.05, 3.63) is 117 Å². The van der Waals surface area contributed by atoms with Crippen molar-refractivity contribution in [3.63, 3.8) is 0 Å². The van der Waals surface area contributed by atoms with Crippen LogP contribution in [0, 0.1) is 0 Å². The number of halogens is 3. The van der Waals surface area contributed by atoms with Crippen LogP contribution in [-0.2, 0) is 0 Å². The lowest BCUT2D eigenvalue weighted by Gasteiger charge is -2.25. The molecule has 0 amide bonds. The Morgan fingerprint density at radius 3 is 2.52 bits per heavy atom. The third-order valence-corrected chi connectivity index (χ3v) is 7.65. The van der Waals surface area contributed by atoms with Crippen LogP contribution in [0.4, 0.5) is 17.1 Å². The van der Waals surface area contributed by atoms with Gasteiger partial charge in [0.25, 0.3) is 0 Å². The highest BCUT2D eigenvalue weighted by Crippen LogP contribution is 2.41. The quantitative estimate of drug-likeness (QED) is 0.222. The van der Waals surface area contributed by atoms with E-state index in [0.29, 0.717) is 21.5 Å². The van der Waals surface area contributed by atoms with Gasteiger partial charge in [-0.2, -0.15) is 5.10 Å². The summed E-state index contributed by atoms with van der Waals surface area (Å²) >= 11 is 19.0. The number of hydrogen-bond donors (Lipinski definition) is 1. The third-order valence-electron chi connectivity index (χ3n) is 6.98. The van der Waals surface area contributed by atoms with Gasteiger partial charge in [-0.05, 0) is 78.4 Å². The summed E-state index contributed by atoms with van der Waals surface area (Å²) in [6.07, 6.45) is 2.45. The largest absolute Gasteiger partial charge is 0.454 e. The zero-order valence-electron chi connectivity index (χ0n) is 20.9. The van der Waals surface area contributed by atoms with Gasteiger partial charge in [-0.15, -0.1) is 0 Å². The van der Waals surface area contributed by atoms with Crippen LogP contribution in [0.2, 0.25) is 15.1 Å². The number of ether oxygens (including phenoxy) is 2. The van der Waals surface area contributed by atoms with E-state index >= 15 is 0 Å². The number of benzene rings is 4. The lowest BCUT2D eigenvalue weighted by molar-refractivity contribution is 0.174. The molecule has 5 aromatic rings. The summed E-state index contributed by atoms with van der Waals surface area (Å²) in [6.45, 7) is 0.223. The predicted octanol–water partition coefficient (Wildman–Crippen LogP) is 9.02. The molecule has 0 aliphatic carbocycles. The maximum absolute atomic E-state index is 6.40. The van der Waals surface area contributed by atoms with Crippen molar-refractivity contribution in [2.75, 3.05) is 17.1 Å². The molecule has 6 nitrogen and oxygen atoms in total. The van der Waals surface area contributed by atoms with Gasteiger partial charge in [0, 0.05) is 50.0 Å². The molecule has 0 saturated heterocycles. The summed E-state index contributed by atoms with van der Waals surface area (Å²) in [7, 11) is 0. The second-order valence-corrected chi connectivity index (χ2v) is 10.9. The SMILES string of the molecule is Clc1cc(Cl)cc(N2N=C(c3ccc4c(c3)OCO4)CC2c2cccc(Nc3ccnc4cc(Cl)ccc34)c2)c1. The Morgan fingerprint density at radius 1 is 0.800 bits per heavy atom. The van der Waals surface area contributed by atoms with Crippen LogP contribution >= 0.6 is 34.8 Å². The molecule has 0 saturated carbocycles. The van der Waals surface area contributed by atoms with Crippen molar-refractivity contribution >= 4 is 68.5 Å². The average molecular weight is 588 g/mol. The molecule has 1 aromatic heterocycles. The maximum Gasteiger partial charge on any atom is 0.231 e. The molecular formula is C31H21Cl3N4O2. The van der Waals surface area contributed by atoms with E-state index in [1.54, 1.807) is 12.3 Å². The number of nitrogens with zero attached hydrogens (tertiary/aromatic N) is 3. The Kier molecular flexibility index (Phi) is 6.39. The van der Waals surface area contributed by atoms with E-state index in [2.05, 4.69) is 22.4 Å². The second kappa shape index (κ2) is 10.2. The van der Waals surface area contributed by atoms with Crippen molar-refractivity contribution < 1.29 is 9.47 Å². The van der Waals surface area contributed by atoms with E-state index in [4.69, 9.17) is 49.4 Å². The van der Waals surface area contributed by atoms with Gasteiger partial charge in [0.05, 0.1) is 23.0 Å². The number of anilines is 3. The monoisotopic (exact) mass is 586 g/mol. The first-order valence-electron chi connectivity index (χ1n) is 12.6. The average Bonchev–Trinajstić information content (AvgIpc) is 3.60. The Bertz CT molecular complexity index is 1790. The van der Waals surface area contributed by atoms with Crippen molar-refractivity contribution in [1.29, 1.82) is 0 Å². The Morgan fingerprint density at radius 2 is 1.65 bits per heavy atom. The molecule has 7 rings (SSSR count). The Labute approximate surface area is 245 Å². The van der Waals surface area contributed by atoms with Crippen LogP contribution in [0.5, 0.6) is 11.5 Å². The molecule has 198 valence electrons. The van der Waals surface area contributed by atoms with Gasteiger partial charge in [0.1, 0.15) is 0 Å². The first kappa shape index (κ1) is 25.0. The molecule has 1 unspecified atom stereocenters. The van der Waals surface area contributed by atoms with Crippen molar-refractivity contribution in [1.82, 2.24) is 4.98 Å². The van der Waals surface area contributed by atoms with E-state index in [9.17, 15) is 0 Å². The molecule has 9 heteroatoms. The molecule has 2 aliphatic rings. The summed E-state index contributed by atoms with van der Waals surface area (Å²) in [4.78, 5) is 4.46. The number of fused-ring (bicyclic) bond motifs is 2. The van der Waals surface area contributed by atoms with Gasteiger partial charge in [-0.1, -0.05) is 46.9 Å². The standard InChI is InChI=1S/C31H21Cl3N4O2/c32-20-5-6-25-26(8-9-35-28(25)15-20)36-23-3-1-2-19(10-23)29-16-27(18-4-7-30-31(11-18)40-17-39-30)37-38(29)24-13-21(33)12-22(34)14-24/h1-15,29H,16-17H2,(H,35,36). The van der Waals surface area contributed by atoms with Gasteiger partial charge in [-0.3, -0.25) is 9.99 Å². The molecule has 1 N–H and O–H groups in total. The number of hydrogen-bond acceptors (Lipinski definition) is 6. The number of hydrazone groups is 1. The molecule has 1 atom stereocenters. The summed E-state index contributed by atoms with van der Waals surface area (Å²) in [5.41, 5.74) is 6.52. The fraction of sp³-hybridized carbons (Fsp3) is 0.0968. The van der Waals surface area contributed by atoms with Crippen LogP contribution in [0.15, 0.2) is 96.2 Å². The van der Waals surface area contributed by atoms with E-state index in [0.717, 1.165) is 56.3 Å². The smallest absolute Gasteiger partial charge is 0.231 e. The maximum atomic E-state index is 6.40. The molecule has 0 spiro atoms. The minimum atomic E-state index is -0.0929. The highest BCUT2D eigenvalue weighted by molar-refractivity contribution is 6.35. The first-order chi connectivity index (χ1) is 19.5. The van der Waals surface area contributed by atoms with Crippen LogP contribution < -0.4 is 19.8 Å². The lowest BCUT2D eigenvalue weighted by Crippen LogP contribution is -2.18. The number of nitrogens with one attached hydrogen (secondary N) is 1. The normalized spacial score (nSPS) is 15.9. The highest BCUT2D eigenvalue weighted by Gasteiger charge is 2.31. The molecule has 2 aliphatic heterocycles. The molecule has 0 radical (unpaired) electrons. The minimum absolute atomic E-state index is 0.0929. The Balaban J connectivity index is 1.25. The zero-order chi connectivity index (χ0) is 27.2. The topological polar surface area (TPSA) is 59.0 Å². The van der Waals surface area contributed by atoms with E-state index in [1.165, 1.54) is 0 Å². The predicted molar refractivity (Wildman–Crippen MR) is 162 cm³/mol. The minimum Gasteiger partial charge on any atom is -0.454 e. The number of aromatic nitrogens is 1. The van der Waals surface area contributed by atoms with Gasteiger partial charge in [0.15, 0.2) is 11.5 Å². The summed E-state index contributed by atoms with van der Waals surface area (Å²) < 4.78 is 11.1. The van der Waals surface area contributed by atoms with Crippen molar-refractivity contribution in [3.8, 4) is 11.5 Å². The third kappa shape index (κ3) is 4.79. The van der Waals surface area contributed by atoms with Crippen molar-refractivity contribution in [2.24, 2.45) is 5.10 Å². The first-order valence-corrected chi connectivity index (χ1v) is 13.8. The van der Waals surface area contributed by atoms with Crippen LogP contribution in [0.25, 0.3) is 10.9 Å². The van der Waals surface area contributed by atoms with Gasteiger partial charge < -0.3 is 14.8 Å². The van der Waals surface area contributed by atoms with Gasteiger partial charge in [-0.25, -0.2) is 0 Å². The van der Waals surface area contributed by atoms with Gasteiger partial charge in [0.2, 0.25) is 6.79 Å². The summed E-state index contributed by atoms with van der Waals surface area (Å²) in [6, 6.07) is 27.3. The fourth-order valence-corrected chi connectivity index (χ4v) is 5.82. The van der Waals surface area contributed by atoms with E-state index in [-0.39, 0.29) is 12.8 Å². The highest BCUT2D eigenvalue weighted by atomic mass is 35.5. The molecule has 0 fully saturated rings. The Hall–Kier alpha value is -3.97.